The third-order valence-corrected chi connectivity index (χ3v) is 12.3. The summed E-state index contributed by atoms with van der Waals surface area (Å²) in [7, 11) is 3.53. The Kier molecular flexibility index (Phi) is 11.0. The Morgan fingerprint density at radius 1 is 0.694 bits per heavy atom. The van der Waals surface area contributed by atoms with Crippen LogP contribution in [0.2, 0.25) is 0 Å². The predicted molar refractivity (Wildman–Crippen MR) is 225 cm³/mol. The van der Waals surface area contributed by atoms with E-state index < -0.39 is 0 Å². The Morgan fingerprint density at radius 2 is 1.18 bits per heavy atom. The molecular weight excluding hydrogens is 894 g/mol. The zero-order chi connectivity index (χ0) is 41.9. The first-order valence-corrected chi connectivity index (χ1v) is 20.4. The van der Waals surface area contributed by atoms with Crippen LogP contribution in [0.25, 0.3) is 22.3 Å². The molecule has 8 heterocycles. The van der Waals surface area contributed by atoms with E-state index in [9.17, 15) is 18.4 Å². The molecule has 6 atom stereocenters. The molecule has 22 heteroatoms. The number of piperidine rings is 2. The number of anilines is 1. The molecule has 2 aliphatic heterocycles. The summed E-state index contributed by atoms with van der Waals surface area (Å²) in [6, 6.07) is 12.9. The van der Waals surface area contributed by atoms with Crippen LogP contribution >= 0.6 is 28.3 Å². The molecule has 0 amide bonds. The van der Waals surface area contributed by atoms with Crippen LogP contribution in [0.4, 0.5) is 14.5 Å². The number of benzene rings is 2. The van der Waals surface area contributed by atoms with Gasteiger partial charge in [0.25, 0.3) is 11.1 Å². The van der Waals surface area contributed by atoms with Gasteiger partial charge in [0.2, 0.25) is 11.8 Å². The normalized spacial score (nSPS) is 21.7. The number of hydrogen-bond donors (Lipinski definition) is 1. The number of aryl methyl sites for hydroxylation is 2. The zero-order valence-corrected chi connectivity index (χ0v) is 35.5. The lowest BCUT2D eigenvalue weighted by Gasteiger charge is -2.21. The summed E-state index contributed by atoms with van der Waals surface area (Å²) in [5.41, 5.74) is 2.31. The number of aromatic nitrogens is 12. The Bertz CT molecular complexity index is 3000. The van der Waals surface area contributed by atoms with Crippen molar-refractivity contribution in [2.24, 2.45) is 37.8 Å². The van der Waals surface area contributed by atoms with Gasteiger partial charge in [-0.3, -0.25) is 18.7 Å². The fourth-order valence-electron chi connectivity index (χ4n) is 8.65. The standard InChI is InChI=1S/C20H18FN7O2.C14H15N7O2.C6H4BrF.ClH/c1-26-9-22-19-17(26)20(29)28(10-23-19)8-15-24-18(25-30-15)16-13-6-27(7-14(13)16)12-4-2-3-11(21)5-12;1-20-5-16-13-11(20)14(22)21(6-17-13)4-9-18-12(19-23-9)10-7-2-15-3-8(7)10;7-5-2-1-3-6(8)4-5;/h2-5,9-10,13-14,16H,6-8H2,1H3;5-8,10,15H,2-4H2,1H3;1-4H;1H/t13-,14+,16?;7-,8+,10?;;. The van der Waals surface area contributed by atoms with E-state index in [1.165, 1.54) is 40.0 Å². The second kappa shape index (κ2) is 16.6. The summed E-state index contributed by atoms with van der Waals surface area (Å²) in [5, 5.41) is 11.6. The summed E-state index contributed by atoms with van der Waals surface area (Å²) in [4.78, 5) is 52.9. The van der Waals surface area contributed by atoms with Crippen molar-refractivity contribution in [1.29, 1.82) is 0 Å². The van der Waals surface area contributed by atoms with Crippen LogP contribution in [0.15, 0.2) is 96.9 Å². The van der Waals surface area contributed by atoms with Crippen LogP contribution < -0.4 is 21.3 Å². The molecule has 0 spiro atoms. The number of halogens is 4. The molecule has 4 fully saturated rings. The number of nitrogens with one attached hydrogen (secondary N) is 1. The van der Waals surface area contributed by atoms with Gasteiger partial charge >= 0.3 is 0 Å². The maximum Gasteiger partial charge on any atom is 0.280 e. The first-order valence-electron chi connectivity index (χ1n) is 19.6. The molecule has 2 saturated heterocycles. The molecule has 62 heavy (non-hydrogen) atoms. The first kappa shape index (κ1) is 41.2. The lowest BCUT2D eigenvalue weighted by atomic mass is 10.2. The van der Waals surface area contributed by atoms with Gasteiger partial charge in [-0.1, -0.05) is 38.4 Å². The predicted octanol–water partition coefficient (Wildman–Crippen LogP) is 4.05. The molecule has 1 N–H and O–H groups in total. The molecule has 320 valence electrons. The van der Waals surface area contributed by atoms with Crippen molar-refractivity contribution in [3.63, 3.8) is 0 Å². The van der Waals surface area contributed by atoms with Crippen molar-refractivity contribution in [3.8, 4) is 0 Å². The van der Waals surface area contributed by atoms with Crippen LogP contribution in [-0.2, 0) is 27.2 Å². The van der Waals surface area contributed by atoms with Crippen molar-refractivity contribution >= 4 is 56.4 Å². The van der Waals surface area contributed by atoms with E-state index >= 15 is 0 Å². The van der Waals surface area contributed by atoms with Crippen molar-refractivity contribution in [2.45, 2.75) is 24.9 Å². The number of imidazole rings is 2. The van der Waals surface area contributed by atoms with Gasteiger partial charge in [-0.2, -0.15) is 9.97 Å². The SMILES string of the molecule is Cl.Cn1cnc2ncn(Cc3nc(C4[C@H]5CN(c6cccc(F)c6)C[C@@H]45)no3)c(=O)c21.Cn1cnc2ncn(Cc3nc(C4[C@H]5CNC[C@@H]45)no3)c(=O)c21.Fc1cccc(Br)c1. The zero-order valence-electron chi connectivity index (χ0n) is 33.1. The molecule has 18 nitrogen and oxygen atoms in total. The van der Waals surface area contributed by atoms with Crippen LogP contribution in [-0.4, -0.2) is 84.7 Å². The highest BCUT2D eigenvalue weighted by Gasteiger charge is 2.58. The Hall–Kier alpha value is -6.19. The van der Waals surface area contributed by atoms with Gasteiger partial charge < -0.3 is 28.4 Å². The van der Waals surface area contributed by atoms with E-state index in [4.69, 9.17) is 9.05 Å². The molecule has 2 unspecified atom stereocenters. The Labute approximate surface area is 364 Å². The molecule has 0 radical (unpaired) electrons. The summed E-state index contributed by atoms with van der Waals surface area (Å²) in [6.45, 7) is 4.14. The smallest absolute Gasteiger partial charge is 0.280 e. The molecule has 0 bridgehead atoms. The molecule has 2 saturated carbocycles. The number of hydrogen-bond acceptors (Lipinski definition) is 14. The van der Waals surface area contributed by atoms with Gasteiger partial charge in [0.15, 0.2) is 34.0 Å². The van der Waals surface area contributed by atoms with Gasteiger partial charge in [0.05, 0.1) is 12.7 Å². The third-order valence-electron chi connectivity index (χ3n) is 11.8. The highest BCUT2D eigenvalue weighted by Crippen LogP contribution is 2.58. The van der Waals surface area contributed by atoms with E-state index in [1.807, 2.05) is 6.07 Å². The molecule has 6 aromatic heterocycles. The van der Waals surface area contributed by atoms with Gasteiger partial charge in [0, 0.05) is 49.2 Å². The number of rotatable bonds is 7. The molecule has 2 aromatic carbocycles. The Morgan fingerprint density at radius 3 is 1.66 bits per heavy atom. The lowest BCUT2D eigenvalue weighted by molar-refractivity contribution is 0.363. The lowest BCUT2D eigenvalue weighted by Crippen LogP contribution is -2.24. The average Bonchev–Trinajstić information content (AvgIpc) is 3.81. The van der Waals surface area contributed by atoms with E-state index in [-0.39, 0.29) is 54.2 Å². The monoisotopic (exact) mass is 930 g/mol. The second-order valence-electron chi connectivity index (χ2n) is 15.7. The van der Waals surface area contributed by atoms with E-state index in [0.29, 0.717) is 69.5 Å². The van der Waals surface area contributed by atoms with E-state index in [1.54, 1.807) is 60.1 Å². The minimum Gasteiger partial charge on any atom is -0.371 e. The van der Waals surface area contributed by atoms with Crippen molar-refractivity contribution in [2.75, 3.05) is 31.1 Å². The van der Waals surface area contributed by atoms with Crippen LogP contribution in [0.5, 0.6) is 0 Å². The first-order chi connectivity index (χ1) is 29.6. The molecular formula is C40H38BrClF2N14O4. The van der Waals surface area contributed by atoms with Crippen molar-refractivity contribution < 1.29 is 17.8 Å². The van der Waals surface area contributed by atoms with Crippen molar-refractivity contribution in [3.05, 3.63) is 134 Å². The fraction of sp³-hybridized carbons (Fsp3) is 0.350. The maximum atomic E-state index is 13.5. The number of nitrogens with zero attached hydrogens (tertiary/aromatic N) is 13. The van der Waals surface area contributed by atoms with E-state index in [2.05, 4.69) is 66.4 Å². The summed E-state index contributed by atoms with van der Waals surface area (Å²) >= 11 is 3.12. The van der Waals surface area contributed by atoms with E-state index in [0.717, 1.165) is 42.2 Å². The van der Waals surface area contributed by atoms with Gasteiger partial charge in [-0.05, 0) is 73.2 Å². The second-order valence-corrected chi connectivity index (χ2v) is 16.6. The Balaban J connectivity index is 0.000000135. The fourth-order valence-corrected chi connectivity index (χ4v) is 9.02. The minimum absolute atomic E-state index is 0. The summed E-state index contributed by atoms with van der Waals surface area (Å²) < 4.78 is 43.3. The topological polar surface area (TPSA) is 199 Å². The summed E-state index contributed by atoms with van der Waals surface area (Å²) in [6.07, 6.45) is 6.06. The van der Waals surface area contributed by atoms with Gasteiger partial charge in [-0.15, -0.1) is 12.4 Å². The van der Waals surface area contributed by atoms with Crippen LogP contribution in [0.1, 0.15) is 35.3 Å². The maximum absolute atomic E-state index is 13.5. The number of fused-ring (bicyclic) bond motifs is 4. The van der Waals surface area contributed by atoms with Crippen LogP contribution in [0.3, 0.4) is 0 Å². The minimum atomic E-state index is -0.221. The molecule has 8 aromatic rings. The highest BCUT2D eigenvalue weighted by molar-refractivity contribution is 9.10. The average molecular weight is 932 g/mol. The molecule has 12 rings (SSSR count). The highest BCUT2D eigenvalue weighted by atomic mass is 79.9. The van der Waals surface area contributed by atoms with Gasteiger partial charge in [-0.25, -0.2) is 28.7 Å². The van der Waals surface area contributed by atoms with Gasteiger partial charge in [0.1, 0.15) is 37.4 Å². The largest absolute Gasteiger partial charge is 0.371 e. The summed E-state index contributed by atoms with van der Waals surface area (Å²) in [5.74, 6) is 4.63. The quantitative estimate of drug-likeness (QED) is 0.240. The third kappa shape index (κ3) is 7.90. The van der Waals surface area contributed by atoms with Crippen molar-refractivity contribution in [1.82, 2.24) is 63.8 Å². The van der Waals surface area contributed by atoms with Crippen LogP contribution in [0, 0.1) is 35.3 Å². The molecule has 2 aliphatic carbocycles. The molecule has 4 aliphatic rings.